The summed E-state index contributed by atoms with van der Waals surface area (Å²) in [6.07, 6.45) is 7.29. The molecule has 5 heteroatoms. The lowest BCUT2D eigenvalue weighted by atomic mass is 9.82. The summed E-state index contributed by atoms with van der Waals surface area (Å²) >= 11 is 3.78. The molecule has 0 fully saturated rings. The fourth-order valence-corrected chi connectivity index (χ4v) is 11.5. The maximum Gasteiger partial charge on any atom is 0.164 e. The molecule has 0 spiro atoms. The summed E-state index contributed by atoms with van der Waals surface area (Å²) in [6.45, 7) is 0. The topological polar surface area (TPSA) is 38.7 Å². The van der Waals surface area contributed by atoms with Crippen molar-refractivity contribution in [3.63, 3.8) is 0 Å². The van der Waals surface area contributed by atoms with Gasteiger partial charge in [0.25, 0.3) is 0 Å². The number of hydrogen-bond acceptors (Lipinski definition) is 5. The summed E-state index contributed by atoms with van der Waals surface area (Å²) in [4.78, 5) is 16.7. The van der Waals surface area contributed by atoms with Crippen LogP contribution in [0.5, 0.6) is 0 Å². The van der Waals surface area contributed by atoms with Crippen LogP contribution >= 0.6 is 23.1 Å². The lowest BCUT2D eigenvalue weighted by molar-refractivity contribution is 0.887. The average Bonchev–Trinajstić information content (AvgIpc) is 3.87. The molecule has 0 amide bonds. The standard InChI is InChI=1S/C53H33N3S2/c1-2-12-33(13-3-1)51-54-52(56-53(55-51)42-20-11-23-48-50(42)41-18-8-9-21-45(41)57-48)34-26-24-32(25-27-34)38-19-10-22-47-49(38)44-31-36(28-29-46(44)58-47)43-30-35-14-4-5-15-37(35)39-16-6-7-17-40(39)43/h1-31,44,46H. The zero-order valence-electron chi connectivity index (χ0n) is 31.2. The largest absolute Gasteiger partial charge is 0.208 e. The van der Waals surface area contributed by atoms with Gasteiger partial charge >= 0.3 is 0 Å². The molecule has 8 aromatic carbocycles. The van der Waals surface area contributed by atoms with E-state index in [1.165, 1.54) is 74.4 Å². The Labute approximate surface area is 344 Å². The second-order valence-corrected chi connectivity index (χ2v) is 17.3. The third kappa shape index (κ3) is 5.46. The zero-order chi connectivity index (χ0) is 38.2. The van der Waals surface area contributed by atoms with Crippen LogP contribution in [0.3, 0.4) is 0 Å². The summed E-state index contributed by atoms with van der Waals surface area (Å²) < 4.78 is 2.48. The van der Waals surface area contributed by atoms with E-state index in [2.05, 4.69) is 170 Å². The number of fused-ring (bicyclic) bond motifs is 9. The molecule has 0 saturated carbocycles. The number of allylic oxidation sites excluding steroid dienone is 3. The van der Waals surface area contributed by atoms with E-state index in [9.17, 15) is 0 Å². The first-order valence-electron chi connectivity index (χ1n) is 19.7. The summed E-state index contributed by atoms with van der Waals surface area (Å²) in [5.74, 6) is 2.26. The number of nitrogens with zero attached hydrogens (tertiary/aromatic N) is 3. The average molecular weight is 776 g/mol. The Morgan fingerprint density at radius 1 is 0.448 bits per heavy atom. The Balaban J connectivity index is 0.949. The van der Waals surface area contributed by atoms with Crippen molar-refractivity contribution in [2.75, 3.05) is 0 Å². The highest BCUT2D eigenvalue weighted by Crippen LogP contribution is 2.53. The molecule has 0 saturated heterocycles. The molecule has 1 aliphatic carbocycles. The second kappa shape index (κ2) is 13.5. The summed E-state index contributed by atoms with van der Waals surface area (Å²) in [5, 5.41) is 7.93. The van der Waals surface area contributed by atoms with Crippen LogP contribution in [0.15, 0.2) is 193 Å². The number of aromatic nitrogens is 3. The fourth-order valence-electron chi connectivity index (χ4n) is 8.99. The van der Waals surface area contributed by atoms with Crippen LogP contribution in [0.2, 0.25) is 0 Å². The first kappa shape index (κ1) is 33.5. The van der Waals surface area contributed by atoms with Crippen molar-refractivity contribution in [3.05, 3.63) is 199 Å². The second-order valence-electron chi connectivity index (χ2n) is 15.0. The highest BCUT2D eigenvalue weighted by molar-refractivity contribution is 8.00. The van der Waals surface area contributed by atoms with Crippen molar-refractivity contribution >= 4 is 70.4 Å². The van der Waals surface area contributed by atoms with Crippen LogP contribution in [0.4, 0.5) is 0 Å². The summed E-state index contributed by atoms with van der Waals surface area (Å²) in [5.41, 5.74) is 9.38. The molecule has 58 heavy (non-hydrogen) atoms. The molecule has 1 aliphatic heterocycles. The van der Waals surface area contributed by atoms with E-state index < -0.39 is 0 Å². The van der Waals surface area contributed by atoms with Gasteiger partial charge in [0.05, 0.1) is 0 Å². The lowest BCUT2D eigenvalue weighted by Gasteiger charge is -2.22. The monoisotopic (exact) mass is 775 g/mol. The van der Waals surface area contributed by atoms with Gasteiger partial charge in [0.2, 0.25) is 0 Å². The first-order chi connectivity index (χ1) is 28.7. The Bertz CT molecular complexity index is 3330. The Kier molecular flexibility index (Phi) is 7.78. The van der Waals surface area contributed by atoms with Crippen molar-refractivity contribution in [2.45, 2.75) is 16.1 Å². The molecular formula is C53H33N3S2. The van der Waals surface area contributed by atoms with Crippen molar-refractivity contribution in [2.24, 2.45) is 0 Å². The first-order valence-corrected chi connectivity index (χ1v) is 21.4. The highest BCUT2D eigenvalue weighted by atomic mass is 32.2. The van der Waals surface area contributed by atoms with Gasteiger partial charge < -0.3 is 0 Å². The highest BCUT2D eigenvalue weighted by Gasteiger charge is 2.35. The van der Waals surface area contributed by atoms with E-state index in [4.69, 9.17) is 15.0 Å². The SMILES string of the molecule is C1=CC2Sc3cccc(-c4ccc(-c5nc(-c6ccccc6)nc(-c6cccc7sc8ccccc8c67)n5)cc4)c3C2C=C1c1cc2ccccc2c2ccccc12. The van der Waals surface area contributed by atoms with Gasteiger partial charge in [-0.3, -0.25) is 0 Å². The molecule has 2 aromatic heterocycles. The van der Waals surface area contributed by atoms with E-state index >= 15 is 0 Å². The molecule has 12 rings (SSSR count). The summed E-state index contributed by atoms with van der Waals surface area (Å²) in [7, 11) is 0. The van der Waals surface area contributed by atoms with Crippen molar-refractivity contribution in [1.29, 1.82) is 0 Å². The van der Waals surface area contributed by atoms with E-state index in [0.717, 1.165) is 16.7 Å². The van der Waals surface area contributed by atoms with Crippen molar-refractivity contribution < 1.29 is 0 Å². The number of thiophene rings is 1. The van der Waals surface area contributed by atoms with Crippen LogP contribution < -0.4 is 0 Å². The molecule has 3 heterocycles. The van der Waals surface area contributed by atoms with Gasteiger partial charge in [0, 0.05) is 52.9 Å². The van der Waals surface area contributed by atoms with Crippen LogP contribution in [-0.2, 0) is 0 Å². The minimum absolute atomic E-state index is 0.261. The van der Waals surface area contributed by atoms with E-state index in [-0.39, 0.29) is 5.92 Å². The Hall–Kier alpha value is -6.66. The van der Waals surface area contributed by atoms with Gasteiger partial charge in [-0.25, -0.2) is 15.0 Å². The third-order valence-electron chi connectivity index (χ3n) is 11.7. The molecule has 0 radical (unpaired) electrons. The normalized spacial score (nSPS) is 15.9. The molecule has 2 atom stereocenters. The predicted octanol–water partition coefficient (Wildman–Crippen LogP) is 14.4. The lowest BCUT2D eigenvalue weighted by Crippen LogP contribution is -2.10. The number of hydrogen-bond donors (Lipinski definition) is 0. The molecule has 0 N–H and O–H groups in total. The zero-order valence-corrected chi connectivity index (χ0v) is 32.8. The van der Waals surface area contributed by atoms with Gasteiger partial charge in [0.15, 0.2) is 17.5 Å². The smallest absolute Gasteiger partial charge is 0.164 e. The molecule has 2 aliphatic rings. The van der Waals surface area contributed by atoms with Crippen molar-refractivity contribution in [3.8, 4) is 45.3 Å². The molecule has 272 valence electrons. The van der Waals surface area contributed by atoms with Gasteiger partial charge in [-0.05, 0) is 73.6 Å². The third-order valence-corrected chi connectivity index (χ3v) is 14.2. The summed E-state index contributed by atoms with van der Waals surface area (Å²) in [6, 6.07) is 60.8. The quantitative estimate of drug-likeness (QED) is 0.163. The van der Waals surface area contributed by atoms with E-state index in [1.807, 2.05) is 30.0 Å². The van der Waals surface area contributed by atoms with Gasteiger partial charge in [-0.2, -0.15) is 0 Å². The minimum atomic E-state index is 0.261. The van der Waals surface area contributed by atoms with E-state index in [0.29, 0.717) is 22.7 Å². The van der Waals surface area contributed by atoms with Crippen LogP contribution in [0.25, 0.3) is 92.6 Å². The molecule has 3 nitrogen and oxygen atoms in total. The predicted molar refractivity (Wildman–Crippen MR) is 245 cm³/mol. The van der Waals surface area contributed by atoms with Gasteiger partial charge in [-0.1, -0.05) is 164 Å². The number of rotatable bonds is 5. The number of benzene rings is 8. The van der Waals surface area contributed by atoms with Crippen LogP contribution in [0.1, 0.15) is 17.0 Å². The molecule has 10 aromatic rings. The number of thioether (sulfide) groups is 1. The maximum absolute atomic E-state index is 5.19. The van der Waals surface area contributed by atoms with Crippen LogP contribution in [-0.4, -0.2) is 20.2 Å². The van der Waals surface area contributed by atoms with E-state index in [1.54, 1.807) is 11.3 Å². The van der Waals surface area contributed by atoms with Gasteiger partial charge in [0.1, 0.15) is 0 Å². The van der Waals surface area contributed by atoms with Crippen LogP contribution in [0, 0.1) is 0 Å². The molecule has 2 unspecified atom stereocenters. The molecule has 0 bridgehead atoms. The fraction of sp³-hybridized carbons (Fsp3) is 0.0377. The van der Waals surface area contributed by atoms with Gasteiger partial charge in [-0.15, -0.1) is 23.1 Å². The Morgan fingerprint density at radius 3 is 1.93 bits per heavy atom. The van der Waals surface area contributed by atoms with Crippen molar-refractivity contribution in [1.82, 2.24) is 15.0 Å². The minimum Gasteiger partial charge on any atom is -0.208 e. The maximum atomic E-state index is 5.19. The molecular weight excluding hydrogens is 743 g/mol. The Morgan fingerprint density at radius 2 is 1.09 bits per heavy atom.